The highest BCUT2D eigenvalue weighted by Gasteiger charge is 2.41. The van der Waals surface area contributed by atoms with Crippen molar-refractivity contribution in [3.05, 3.63) is 59.0 Å². The van der Waals surface area contributed by atoms with Gasteiger partial charge in [0.2, 0.25) is 0 Å². The van der Waals surface area contributed by atoms with Crippen LogP contribution < -0.4 is 0 Å². The van der Waals surface area contributed by atoms with Crippen LogP contribution >= 0.6 is 0 Å². The minimum absolute atomic E-state index is 0.0160. The topological polar surface area (TPSA) is 39.9 Å². The molecule has 2 aliphatic rings. The first-order valence-electron chi connectivity index (χ1n) is 9.83. The Kier molecular flexibility index (Phi) is 5.16. The van der Waals surface area contributed by atoms with E-state index in [2.05, 4.69) is 41.0 Å². The van der Waals surface area contributed by atoms with Crippen LogP contribution in [-0.4, -0.2) is 41.1 Å². The second-order valence-electron chi connectivity index (χ2n) is 8.29. The van der Waals surface area contributed by atoms with Crippen molar-refractivity contribution in [3.63, 3.8) is 0 Å². The van der Waals surface area contributed by atoms with Gasteiger partial charge < -0.3 is 9.52 Å². The number of hydrogen-bond donors (Lipinski definition) is 1. The maximum absolute atomic E-state index is 9.17. The molecule has 0 bridgehead atoms. The molecule has 2 aromatic rings. The van der Waals surface area contributed by atoms with Gasteiger partial charge in [0.15, 0.2) is 0 Å². The normalized spacial score (nSPS) is 24.5. The van der Waals surface area contributed by atoms with E-state index in [0.29, 0.717) is 11.2 Å². The molecule has 0 amide bonds. The quantitative estimate of drug-likeness (QED) is 0.891. The Bertz CT molecular complexity index is 741. The Balaban J connectivity index is 1.36. The van der Waals surface area contributed by atoms with Crippen molar-refractivity contribution in [1.29, 1.82) is 0 Å². The van der Waals surface area contributed by atoms with E-state index >= 15 is 0 Å². The lowest BCUT2D eigenvalue weighted by atomic mass is 9.79. The van der Waals surface area contributed by atoms with Gasteiger partial charge in [-0.1, -0.05) is 29.8 Å². The molecule has 0 radical (unpaired) electrons. The maximum Gasteiger partial charge on any atom is 0.129 e. The smallest absolute Gasteiger partial charge is 0.129 e. The van der Waals surface area contributed by atoms with Gasteiger partial charge in [-0.15, -0.1) is 0 Å². The number of aliphatic hydroxyl groups excluding tert-OH is 1. The zero-order valence-corrected chi connectivity index (χ0v) is 15.8. The minimum atomic E-state index is -0.0160. The molecule has 4 nitrogen and oxygen atoms in total. The van der Waals surface area contributed by atoms with Crippen molar-refractivity contribution in [3.8, 4) is 0 Å². The van der Waals surface area contributed by atoms with Gasteiger partial charge in [-0.3, -0.25) is 9.80 Å². The summed E-state index contributed by atoms with van der Waals surface area (Å²) in [6, 6.07) is 12.8. The summed E-state index contributed by atoms with van der Waals surface area (Å²) in [5.74, 6) is 1.63. The van der Waals surface area contributed by atoms with Gasteiger partial charge in [-0.05, 0) is 62.4 Å². The zero-order chi connectivity index (χ0) is 18.0. The number of nitrogens with zero attached hydrogens (tertiary/aromatic N) is 2. The van der Waals surface area contributed by atoms with Gasteiger partial charge in [0.25, 0.3) is 0 Å². The van der Waals surface area contributed by atoms with Crippen molar-refractivity contribution in [1.82, 2.24) is 9.80 Å². The third-order valence-corrected chi connectivity index (χ3v) is 6.00. The summed E-state index contributed by atoms with van der Waals surface area (Å²) in [5, 5.41) is 9.17. The monoisotopic (exact) mass is 354 g/mol. The number of benzene rings is 1. The van der Waals surface area contributed by atoms with Gasteiger partial charge >= 0.3 is 0 Å². The summed E-state index contributed by atoms with van der Waals surface area (Å²) in [6.07, 6.45) is 3.92. The number of rotatable bonds is 5. The molecule has 26 heavy (non-hydrogen) atoms. The van der Waals surface area contributed by atoms with Crippen LogP contribution in [0.2, 0.25) is 0 Å². The molecule has 2 aliphatic heterocycles. The Morgan fingerprint density at radius 2 is 1.81 bits per heavy atom. The van der Waals surface area contributed by atoms with Gasteiger partial charge in [-0.25, -0.2) is 0 Å². The fourth-order valence-corrected chi connectivity index (χ4v) is 4.82. The van der Waals surface area contributed by atoms with Crippen LogP contribution in [0.3, 0.4) is 0 Å². The van der Waals surface area contributed by atoms with E-state index in [1.54, 1.807) is 0 Å². The molecule has 2 fully saturated rings. The van der Waals surface area contributed by atoms with E-state index in [0.717, 1.165) is 31.9 Å². The van der Waals surface area contributed by atoms with E-state index in [-0.39, 0.29) is 6.61 Å². The molecule has 1 atom stereocenters. The average Bonchev–Trinajstić information content (AvgIpc) is 3.23. The number of aryl methyl sites for hydroxylation is 1. The van der Waals surface area contributed by atoms with Gasteiger partial charge in [-0.2, -0.15) is 0 Å². The first kappa shape index (κ1) is 17.8. The molecular weight excluding hydrogens is 324 g/mol. The Morgan fingerprint density at radius 1 is 1.00 bits per heavy atom. The lowest BCUT2D eigenvalue weighted by molar-refractivity contribution is 0.0856. The molecule has 3 heterocycles. The van der Waals surface area contributed by atoms with Crippen LogP contribution in [0.4, 0.5) is 0 Å². The highest BCUT2D eigenvalue weighted by Crippen LogP contribution is 2.39. The number of furan rings is 1. The van der Waals surface area contributed by atoms with E-state index in [4.69, 9.17) is 9.52 Å². The predicted octanol–water partition coefficient (Wildman–Crippen LogP) is 3.57. The summed E-state index contributed by atoms with van der Waals surface area (Å²) < 4.78 is 5.68. The first-order chi connectivity index (χ1) is 12.6. The van der Waals surface area contributed by atoms with E-state index in [9.17, 15) is 0 Å². The van der Waals surface area contributed by atoms with Crippen LogP contribution in [-0.2, 0) is 19.7 Å². The van der Waals surface area contributed by atoms with Crippen molar-refractivity contribution in [2.75, 3.05) is 26.2 Å². The van der Waals surface area contributed by atoms with Crippen LogP contribution in [0.1, 0.15) is 41.9 Å². The van der Waals surface area contributed by atoms with E-state index in [1.165, 1.54) is 43.5 Å². The molecule has 1 N–H and O–H groups in total. The van der Waals surface area contributed by atoms with E-state index in [1.807, 2.05) is 12.1 Å². The minimum Gasteiger partial charge on any atom is -0.462 e. The van der Waals surface area contributed by atoms with Crippen molar-refractivity contribution >= 4 is 0 Å². The third-order valence-electron chi connectivity index (χ3n) is 6.00. The largest absolute Gasteiger partial charge is 0.462 e. The first-order valence-corrected chi connectivity index (χ1v) is 9.83. The summed E-state index contributed by atoms with van der Waals surface area (Å²) in [6.45, 7) is 8.82. The fraction of sp³-hybridized carbons (Fsp3) is 0.545. The Morgan fingerprint density at radius 3 is 2.58 bits per heavy atom. The molecule has 0 aliphatic carbocycles. The highest BCUT2D eigenvalue weighted by atomic mass is 16.4. The standard InChI is InChI=1S/C22H30N2O2/c1-18-4-2-5-19(12-18)13-23-10-3-8-22(16-23)9-11-24(17-22)14-20-6-7-21(15-25)26-20/h2,4-7,12,25H,3,8-11,13-17H2,1H3. The molecule has 1 unspecified atom stereocenters. The SMILES string of the molecule is Cc1cccc(CN2CCCC3(CCN(Cc4ccc(CO)o4)C3)C2)c1. The number of piperidine rings is 1. The molecule has 4 heteroatoms. The summed E-state index contributed by atoms with van der Waals surface area (Å²) in [4.78, 5) is 5.18. The third kappa shape index (κ3) is 4.03. The number of likely N-dealkylation sites (tertiary alicyclic amines) is 2. The summed E-state index contributed by atoms with van der Waals surface area (Å²) in [5.41, 5.74) is 3.22. The van der Waals surface area contributed by atoms with Crippen molar-refractivity contribution in [2.24, 2.45) is 5.41 Å². The molecule has 2 saturated heterocycles. The van der Waals surface area contributed by atoms with E-state index < -0.39 is 0 Å². The fourth-order valence-electron chi connectivity index (χ4n) is 4.82. The lowest BCUT2D eigenvalue weighted by Gasteiger charge is -2.40. The Hall–Kier alpha value is -1.62. The van der Waals surface area contributed by atoms with Gasteiger partial charge in [0, 0.05) is 19.6 Å². The molecule has 1 aromatic heterocycles. The van der Waals surface area contributed by atoms with Crippen molar-refractivity contribution in [2.45, 2.75) is 45.9 Å². The zero-order valence-electron chi connectivity index (χ0n) is 15.8. The predicted molar refractivity (Wildman–Crippen MR) is 103 cm³/mol. The molecule has 1 spiro atoms. The average molecular weight is 354 g/mol. The molecule has 4 rings (SSSR count). The molecular formula is C22H30N2O2. The van der Waals surface area contributed by atoms with Crippen LogP contribution in [0.5, 0.6) is 0 Å². The Labute approximate surface area is 156 Å². The van der Waals surface area contributed by atoms with Gasteiger partial charge in [0.1, 0.15) is 18.1 Å². The van der Waals surface area contributed by atoms with Crippen LogP contribution in [0.15, 0.2) is 40.8 Å². The number of hydrogen-bond acceptors (Lipinski definition) is 4. The van der Waals surface area contributed by atoms with Gasteiger partial charge in [0.05, 0.1) is 6.54 Å². The lowest BCUT2D eigenvalue weighted by Crippen LogP contribution is -2.44. The van der Waals surface area contributed by atoms with Crippen LogP contribution in [0, 0.1) is 12.3 Å². The molecule has 1 aromatic carbocycles. The molecule has 0 saturated carbocycles. The second-order valence-corrected chi connectivity index (χ2v) is 8.29. The summed E-state index contributed by atoms with van der Waals surface area (Å²) >= 11 is 0. The molecule has 140 valence electrons. The van der Waals surface area contributed by atoms with Crippen molar-refractivity contribution < 1.29 is 9.52 Å². The van der Waals surface area contributed by atoms with Crippen LogP contribution in [0.25, 0.3) is 0 Å². The summed E-state index contributed by atoms with van der Waals surface area (Å²) in [7, 11) is 0. The number of aliphatic hydroxyl groups is 1. The second kappa shape index (κ2) is 7.55. The maximum atomic E-state index is 9.17. The highest BCUT2D eigenvalue weighted by molar-refractivity contribution is 5.22.